The molecule has 0 N–H and O–H groups in total. The van der Waals surface area contributed by atoms with Gasteiger partial charge in [0, 0.05) is 56.4 Å². The third-order valence-electron chi connectivity index (χ3n) is 5.76. The first-order chi connectivity index (χ1) is 27.4. The smallest absolute Gasteiger partial charge is 0.379 e. The predicted octanol–water partition coefficient (Wildman–Crippen LogP) is 3.44. The van der Waals surface area contributed by atoms with Gasteiger partial charge in [-0.1, -0.05) is 141 Å². The van der Waals surface area contributed by atoms with E-state index < -0.39 is 14.2 Å². The molecule has 322 valence electrons. The molecule has 0 aliphatic heterocycles. The summed E-state index contributed by atoms with van der Waals surface area (Å²) in [5.74, 6) is 0. The van der Waals surface area contributed by atoms with Crippen LogP contribution in [0.1, 0.15) is 0 Å². The van der Waals surface area contributed by atoms with Gasteiger partial charge in [-0.15, -0.1) is 0 Å². The average Bonchev–Trinajstić information content (AvgIpc) is 4.07. The summed E-state index contributed by atoms with van der Waals surface area (Å²) in [4.78, 5) is 43.5. The minimum Gasteiger partial charge on any atom is -0.379 e. The van der Waals surface area contributed by atoms with Crippen LogP contribution in [0.4, 0.5) is 0 Å². The van der Waals surface area contributed by atoms with E-state index in [2.05, 4.69) is 30.6 Å². The monoisotopic (exact) mass is 1070 g/mol. The van der Waals surface area contributed by atoms with Crippen molar-refractivity contribution in [2.75, 3.05) is 56.4 Å². The summed E-state index contributed by atoms with van der Waals surface area (Å²) in [6.07, 6.45) is 3.00. The molecule has 0 aromatic carbocycles. The van der Waals surface area contributed by atoms with Gasteiger partial charge in [0.05, 0.1) is 33.1 Å². The first kappa shape index (κ1) is 56.2. The molecule has 20 nitrogen and oxygen atoms in total. The second-order valence-electron chi connectivity index (χ2n) is 11.1. The largest absolute Gasteiger partial charge is 2.00 e. The number of carbonyl (C=O) groups excluding carboxylic acids is 4. The zero-order valence-corrected chi connectivity index (χ0v) is 43.1. The Morgan fingerprint density at radius 3 is 0.576 bits per heavy atom. The molecule has 0 aliphatic carbocycles. The molecular weight excluding hydrogens is 1040 g/mol. The van der Waals surface area contributed by atoms with Crippen molar-refractivity contribution < 1.29 is 36.2 Å². The molecule has 6 aromatic heterocycles. The average molecular weight is 1070 g/mol. The molecule has 0 atom stereocenters. The van der Waals surface area contributed by atoms with Crippen LogP contribution in [-0.2, 0) is 36.2 Å². The fourth-order valence-corrected chi connectivity index (χ4v) is 8.26. The Labute approximate surface area is 404 Å². The molecule has 0 aliphatic rings. The molecule has 6 aromatic rings. The van der Waals surface area contributed by atoms with Crippen LogP contribution in [0.5, 0.6) is 0 Å². The van der Waals surface area contributed by atoms with Crippen LogP contribution in [0.2, 0.25) is 0 Å². The van der Waals surface area contributed by atoms with Gasteiger partial charge in [0.15, 0.2) is 0 Å². The van der Waals surface area contributed by atoms with Crippen molar-refractivity contribution in [3.63, 3.8) is 0 Å². The first-order valence-corrected chi connectivity index (χ1v) is 23.1. The first-order valence-electron chi connectivity index (χ1n) is 15.4. The van der Waals surface area contributed by atoms with E-state index >= 15 is 0 Å². The maximum atomic E-state index is 9.43. The number of hydrogen-bond donors (Lipinski definition) is 0. The van der Waals surface area contributed by atoms with Crippen LogP contribution in [0.3, 0.4) is 0 Å². The van der Waals surface area contributed by atoms with Crippen molar-refractivity contribution in [3.05, 3.63) is 56.8 Å². The van der Waals surface area contributed by atoms with Gasteiger partial charge in [0.25, 0.3) is 0 Å². The van der Waals surface area contributed by atoms with E-state index in [1.807, 2.05) is 0 Å². The molecule has 0 saturated heterocycles. The predicted molar refractivity (Wildman–Crippen MR) is 251 cm³/mol. The molecule has 6 heterocycles. The van der Waals surface area contributed by atoms with E-state index in [0.29, 0.717) is 23.7 Å². The molecule has 0 fully saturated rings. The van der Waals surface area contributed by atoms with Crippen LogP contribution < -0.4 is 0 Å². The summed E-state index contributed by atoms with van der Waals surface area (Å²) in [6.45, 7) is 0. The Bertz CT molecular complexity index is 2050. The Kier molecular flexibility index (Phi) is 28.8. The number of hydrogen-bond acceptors (Lipinski definition) is 22. The van der Waals surface area contributed by atoms with E-state index in [4.69, 9.17) is 73.3 Å². The molecule has 0 radical (unpaired) electrons. The topological polar surface area (TPSA) is 188 Å². The van der Waals surface area contributed by atoms with E-state index in [1.54, 1.807) is 117 Å². The Morgan fingerprint density at radius 1 is 0.390 bits per heavy atom. The SMILES string of the molecule is CN(C)C=O.CN(C)C=O.CN(C)C=O.CN(C)C=O.S=c1scnn1[BH-](n1ncsc1=S)n1ncsc1=S.S=c1scnn1[BH-](n1ncsc1=S)n1ncsc1=S.[Fe+2]. The third kappa shape index (κ3) is 19.6. The van der Waals surface area contributed by atoms with Gasteiger partial charge in [-0.05, 0) is 0 Å². The summed E-state index contributed by atoms with van der Waals surface area (Å²) in [5, 5.41) is 25.6. The molecule has 0 bridgehead atoms. The summed E-state index contributed by atoms with van der Waals surface area (Å²) in [7, 11) is 10.5. The van der Waals surface area contributed by atoms with E-state index in [1.165, 1.54) is 87.6 Å². The van der Waals surface area contributed by atoms with Crippen molar-refractivity contribution >= 4 is 181 Å². The van der Waals surface area contributed by atoms with Gasteiger partial charge in [-0.2, -0.15) is 0 Å². The summed E-state index contributed by atoms with van der Waals surface area (Å²) in [6, 6.07) is 0. The number of aromatic nitrogens is 12. The van der Waals surface area contributed by atoms with Gasteiger partial charge in [0.2, 0.25) is 25.6 Å². The zero-order valence-electron chi connectivity index (χ0n) is 32.2. The van der Waals surface area contributed by atoms with Gasteiger partial charge >= 0.3 is 31.3 Å². The number of amides is 4. The third-order valence-corrected chi connectivity index (χ3v) is 12.4. The summed E-state index contributed by atoms with van der Waals surface area (Å²) in [5.41, 5.74) is 10.1. The second kappa shape index (κ2) is 30.3. The van der Waals surface area contributed by atoms with Crippen molar-refractivity contribution in [1.82, 2.24) is 77.7 Å². The minimum atomic E-state index is -1.48. The van der Waals surface area contributed by atoms with E-state index in [-0.39, 0.29) is 17.1 Å². The molecule has 59 heavy (non-hydrogen) atoms. The fourth-order valence-electron chi connectivity index (χ4n) is 3.29. The van der Waals surface area contributed by atoms with E-state index in [0.717, 1.165) is 25.6 Å². The van der Waals surface area contributed by atoms with Crippen LogP contribution >= 0.6 is 141 Å². The molecule has 0 saturated carbocycles. The second-order valence-corrected chi connectivity index (χ2v) is 20.0. The van der Waals surface area contributed by atoms with Crippen LogP contribution in [0.15, 0.2) is 33.1 Å². The molecule has 35 heteroatoms. The number of nitrogens with zero attached hydrogens (tertiary/aromatic N) is 16. The van der Waals surface area contributed by atoms with E-state index in [9.17, 15) is 19.2 Å². The maximum absolute atomic E-state index is 9.43. The fraction of sp³-hybridized carbons (Fsp3) is 0.333. The number of rotatable bonds is 10. The van der Waals surface area contributed by atoms with Gasteiger partial charge in [-0.3, -0.25) is 19.2 Å². The molecule has 0 spiro atoms. The summed E-state index contributed by atoms with van der Waals surface area (Å²) >= 11 is 40.1. The maximum Gasteiger partial charge on any atom is 2.00 e. The standard InChI is InChI=1S/2C6H4BN6S6.4C3H7NO.Fe/c2*14-4-11(8-1-17-4)7(12-5(15)18-2-9-12)13-6(16)19-3-10-13;4*1-4(2)3-5;/h2*1-3,7H;4*3H,1-2H3;/q2*-1;;;;;+2. The van der Waals surface area contributed by atoms with Crippen molar-refractivity contribution in [3.8, 4) is 0 Å². The van der Waals surface area contributed by atoms with Crippen LogP contribution in [0, 0.1) is 23.7 Å². The molecular formula is C24H36B2FeN16O4S12. The van der Waals surface area contributed by atoms with Gasteiger partial charge in [0.1, 0.15) is 23.7 Å². The zero-order chi connectivity index (χ0) is 43.9. The Hall–Kier alpha value is -2.79. The molecule has 6 rings (SSSR count). The van der Waals surface area contributed by atoms with Crippen LogP contribution in [0.25, 0.3) is 0 Å². The van der Waals surface area contributed by atoms with Gasteiger partial charge < -0.3 is 47.2 Å². The Morgan fingerprint density at radius 2 is 0.508 bits per heavy atom. The summed E-state index contributed by atoms with van der Waals surface area (Å²) < 4.78 is 14.1. The van der Waals surface area contributed by atoms with Crippen molar-refractivity contribution in [2.24, 2.45) is 0 Å². The normalized spacial score (nSPS) is 9.53. The van der Waals surface area contributed by atoms with Crippen LogP contribution in [-0.4, -0.2) is 174 Å². The van der Waals surface area contributed by atoms with Crippen molar-refractivity contribution in [1.29, 1.82) is 0 Å². The molecule has 4 amide bonds. The van der Waals surface area contributed by atoms with Gasteiger partial charge in [-0.25, -0.2) is 30.6 Å². The molecule has 0 unspecified atom stereocenters. The minimum absolute atomic E-state index is 0. The quantitative estimate of drug-likeness (QED) is 0.110. The Balaban J connectivity index is 0.000000781. The van der Waals surface area contributed by atoms with Crippen molar-refractivity contribution in [2.45, 2.75) is 0 Å². The number of carbonyl (C=O) groups is 4.